The van der Waals surface area contributed by atoms with Gasteiger partial charge in [-0.3, -0.25) is 4.79 Å². The van der Waals surface area contributed by atoms with Gasteiger partial charge >= 0.3 is 0 Å². The van der Waals surface area contributed by atoms with E-state index in [0.29, 0.717) is 0 Å². The summed E-state index contributed by atoms with van der Waals surface area (Å²) in [6.07, 6.45) is 0. The molecule has 0 atom stereocenters. The standard InChI is InChI=1S/C3H8N2O2/c1-3(6)5-7-4-2/h4H,1-2H3,(H,5,6). The molecule has 0 bridgehead atoms. The molecule has 0 aromatic rings. The van der Waals surface area contributed by atoms with Crippen molar-refractivity contribution in [1.29, 1.82) is 0 Å². The Kier molecular flexibility index (Phi) is 3.26. The molecule has 0 rings (SSSR count). The van der Waals surface area contributed by atoms with Crippen molar-refractivity contribution >= 4 is 5.91 Å². The second kappa shape index (κ2) is 3.58. The van der Waals surface area contributed by atoms with Crippen LogP contribution in [0.1, 0.15) is 6.92 Å². The fourth-order valence-electron chi connectivity index (χ4n) is 0.123. The molecule has 0 aromatic carbocycles. The van der Waals surface area contributed by atoms with E-state index in [1.807, 2.05) is 5.48 Å². The Morgan fingerprint density at radius 2 is 2.29 bits per heavy atom. The zero-order valence-corrected chi connectivity index (χ0v) is 4.32. The number of hydroxylamine groups is 2. The van der Waals surface area contributed by atoms with Gasteiger partial charge in [0.2, 0.25) is 5.91 Å². The minimum atomic E-state index is -0.227. The van der Waals surface area contributed by atoms with Crippen LogP contribution in [0.3, 0.4) is 0 Å². The van der Waals surface area contributed by atoms with Crippen LogP contribution in [0.4, 0.5) is 0 Å². The van der Waals surface area contributed by atoms with Crippen LogP contribution in [0.2, 0.25) is 0 Å². The summed E-state index contributed by atoms with van der Waals surface area (Å²) in [4.78, 5) is 14.2. The molecule has 0 unspecified atom stereocenters. The molecule has 0 radical (unpaired) electrons. The molecule has 0 heterocycles. The van der Waals surface area contributed by atoms with E-state index in [2.05, 4.69) is 10.4 Å². The molecular weight excluding hydrogens is 96.0 g/mol. The fourth-order valence-corrected chi connectivity index (χ4v) is 0.123. The smallest absolute Gasteiger partial charge is 0.241 e. The minimum Gasteiger partial charge on any atom is -0.273 e. The Labute approximate surface area is 41.8 Å². The maximum atomic E-state index is 9.93. The van der Waals surface area contributed by atoms with E-state index in [1.54, 1.807) is 7.05 Å². The SMILES string of the molecule is CNONC(C)=O. The van der Waals surface area contributed by atoms with Crippen LogP contribution in [0.15, 0.2) is 0 Å². The van der Waals surface area contributed by atoms with Crippen LogP contribution < -0.4 is 11.0 Å². The van der Waals surface area contributed by atoms with Crippen LogP contribution in [0.5, 0.6) is 0 Å². The van der Waals surface area contributed by atoms with Crippen molar-refractivity contribution < 1.29 is 9.73 Å². The number of hydrogen-bond donors (Lipinski definition) is 2. The summed E-state index contributed by atoms with van der Waals surface area (Å²) in [7, 11) is 1.55. The first-order chi connectivity index (χ1) is 3.27. The van der Waals surface area contributed by atoms with E-state index in [-0.39, 0.29) is 5.91 Å². The third-order valence-electron chi connectivity index (χ3n) is 0.297. The molecule has 42 valence electrons. The fraction of sp³-hybridized carbons (Fsp3) is 0.667. The average Bonchev–Trinajstić information content (AvgIpc) is 1.61. The third kappa shape index (κ3) is 5.39. The van der Waals surface area contributed by atoms with Gasteiger partial charge in [0.25, 0.3) is 0 Å². The average molecular weight is 104 g/mol. The van der Waals surface area contributed by atoms with E-state index >= 15 is 0 Å². The van der Waals surface area contributed by atoms with Gasteiger partial charge in [-0.05, 0) is 0 Å². The highest BCUT2D eigenvalue weighted by Gasteiger charge is 1.82. The van der Waals surface area contributed by atoms with Crippen molar-refractivity contribution in [2.24, 2.45) is 0 Å². The summed E-state index contributed by atoms with van der Waals surface area (Å²) in [5.41, 5.74) is 4.31. The van der Waals surface area contributed by atoms with Crippen molar-refractivity contribution in [1.82, 2.24) is 11.0 Å². The van der Waals surface area contributed by atoms with E-state index in [9.17, 15) is 4.79 Å². The van der Waals surface area contributed by atoms with Gasteiger partial charge in [-0.15, -0.1) is 0 Å². The normalized spacial score (nSPS) is 8.29. The van der Waals surface area contributed by atoms with Gasteiger partial charge in [0, 0.05) is 14.0 Å². The van der Waals surface area contributed by atoms with E-state index in [0.717, 1.165) is 0 Å². The van der Waals surface area contributed by atoms with Crippen molar-refractivity contribution in [3.63, 3.8) is 0 Å². The zero-order chi connectivity index (χ0) is 5.70. The molecule has 2 N–H and O–H groups in total. The van der Waals surface area contributed by atoms with Gasteiger partial charge in [-0.2, -0.15) is 10.4 Å². The van der Waals surface area contributed by atoms with Gasteiger partial charge in [-0.25, -0.2) is 5.48 Å². The van der Waals surface area contributed by atoms with Crippen LogP contribution >= 0.6 is 0 Å². The third-order valence-corrected chi connectivity index (χ3v) is 0.297. The molecule has 1 amide bonds. The number of carbonyl (C=O) groups excluding carboxylic acids is 1. The molecule has 7 heavy (non-hydrogen) atoms. The highest BCUT2D eigenvalue weighted by molar-refractivity contribution is 5.71. The van der Waals surface area contributed by atoms with Crippen molar-refractivity contribution in [2.45, 2.75) is 6.92 Å². The Balaban J connectivity index is 2.82. The van der Waals surface area contributed by atoms with Crippen molar-refractivity contribution in [3.8, 4) is 0 Å². The van der Waals surface area contributed by atoms with Crippen LogP contribution in [-0.4, -0.2) is 13.0 Å². The maximum Gasteiger partial charge on any atom is 0.241 e. The molecule has 4 heteroatoms. The lowest BCUT2D eigenvalue weighted by atomic mass is 10.8. The quantitative estimate of drug-likeness (QED) is 0.450. The zero-order valence-electron chi connectivity index (χ0n) is 4.32. The minimum absolute atomic E-state index is 0.227. The van der Waals surface area contributed by atoms with Gasteiger partial charge in [-0.1, -0.05) is 0 Å². The Bertz CT molecular complexity index is 64.0. The summed E-state index contributed by atoms with van der Waals surface area (Å²) >= 11 is 0. The molecule has 0 saturated heterocycles. The van der Waals surface area contributed by atoms with Crippen molar-refractivity contribution in [2.75, 3.05) is 7.05 Å². The molecule has 0 fully saturated rings. The highest BCUT2D eigenvalue weighted by Crippen LogP contribution is 1.54. The van der Waals surface area contributed by atoms with Crippen LogP contribution in [0.25, 0.3) is 0 Å². The number of nitrogens with one attached hydrogen (secondary N) is 2. The summed E-state index contributed by atoms with van der Waals surface area (Å²) in [5, 5.41) is 0. The number of rotatable bonds is 2. The van der Waals surface area contributed by atoms with Crippen LogP contribution in [-0.2, 0) is 9.73 Å². The number of amides is 1. The number of hydrogen-bond acceptors (Lipinski definition) is 3. The summed E-state index contributed by atoms with van der Waals surface area (Å²) in [6, 6.07) is 0. The predicted octanol–water partition coefficient (Wildman–Crippen LogP) is -0.812. The lowest BCUT2D eigenvalue weighted by molar-refractivity contribution is -0.136. The summed E-state index contributed by atoms with van der Waals surface area (Å²) in [5.74, 6) is -0.227. The summed E-state index contributed by atoms with van der Waals surface area (Å²) in [6.45, 7) is 1.36. The monoisotopic (exact) mass is 104 g/mol. The topological polar surface area (TPSA) is 50.4 Å². The molecule has 0 aliphatic carbocycles. The Morgan fingerprint density at radius 1 is 1.71 bits per heavy atom. The molecule has 0 aromatic heterocycles. The van der Waals surface area contributed by atoms with E-state index in [1.165, 1.54) is 6.92 Å². The van der Waals surface area contributed by atoms with Crippen LogP contribution in [0, 0.1) is 0 Å². The Hall–Kier alpha value is -0.610. The molecule has 0 aliphatic heterocycles. The lowest BCUT2D eigenvalue weighted by Crippen LogP contribution is -2.26. The van der Waals surface area contributed by atoms with Crippen molar-refractivity contribution in [3.05, 3.63) is 0 Å². The van der Waals surface area contributed by atoms with Gasteiger partial charge in [0.1, 0.15) is 0 Å². The Morgan fingerprint density at radius 3 is 2.43 bits per heavy atom. The second-order valence-electron chi connectivity index (χ2n) is 0.964. The van der Waals surface area contributed by atoms with E-state index in [4.69, 9.17) is 0 Å². The molecular formula is C3H8N2O2. The summed E-state index contributed by atoms with van der Waals surface area (Å²) < 4.78 is 0. The first-order valence-corrected chi connectivity index (χ1v) is 1.86. The van der Waals surface area contributed by atoms with E-state index < -0.39 is 0 Å². The largest absolute Gasteiger partial charge is 0.273 e. The van der Waals surface area contributed by atoms with Gasteiger partial charge < -0.3 is 0 Å². The molecule has 0 spiro atoms. The molecule has 0 aliphatic rings. The molecule has 4 nitrogen and oxygen atoms in total. The molecule has 0 saturated carbocycles. The lowest BCUT2D eigenvalue weighted by Gasteiger charge is -1.95. The van der Waals surface area contributed by atoms with Gasteiger partial charge in [0.05, 0.1) is 0 Å². The maximum absolute atomic E-state index is 9.93. The first kappa shape index (κ1) is 6.39. The number of carbonyl (C=O) groups is 1. The van der Waals surface area contributed by atoms with Gasteiger partial charge in [0.15, 0.2) is 0 Å². The second-order valence-corrected chi connectivity index (χ2v) is 0.964. The predicted molar refractivity (Wildman–Crippen MR) is 24.0 cm³/mol. The highest BCUT2D eigenvalue weighted by atomic mass is 16.8. The first-order valence-electron chi connectivity index (χ1n) is 1.86.